The predicted molar refractivity (Wildman–Crippen MR) is 122 cm³/mol. The lowest BCUT2D eigenvalue weighted by molar-refractivity contribution is -0.137. The highest BCUT2D eigenvalue weighted by molar-refractivity contribution is 6.00. The Bertz CT molecular complexity index is 1330. The van der Waals surface area contributed by atoms with Crippen molar-refractivity contribution in [3.05, 3.63) is 108 Å². The normalized spacial score (nSPS) is 14.9. The van der Waals surface area contributed by atoms with Crippen molar-refractivity contribution in [1.29, 1.82) is 0 Å². The molecule has 1 aliphatic rings. The Balaban J connectivity index is 1.38. The molecule has 0 spiro atoms. The fraction of sp³-hybridized carbons (Fsp3) is 0.148. The number of nitrogens with one attached hydrogen (secondary N) is 1. The van der Waals surface area contributed by atoms with Gasteiger partial charge < -0.3 is 14.8 Å². The summed E-state index contributed by atoms with van der Waals surface area (Å²) in [6.45, 7) is 0.808. The van der Waals surface area contributed by atoms with E-state index in [1.54, 1.807) is 30.3 Å². The molecule has 4 aromatic carbocycles. The molecule has 4 nitrogen and oxygen atoms in total. The van der Waals surface area contributed by atoms with Crippen LogP contribution in [0.2, 0.25) is 0 Å². The Morgan fingerprint density at radius 2 is 1.62 bits per heavy atom. The zero-order valence-corrected chi connectivity index (χ0v) is 17.9. The Kier molecular flexibility index (Phi) is 5.49. The Morgan fingerprint density at radius 3 is 2.26 bits per heavy atom. The smallest absolute Gasteiger partial charge is 0.416 e. The molecule has 0 unspecified atom stereocenters. The number of hydrogen-bond donors (Lipinski definition) is 1. The monoisotopic (exact) mass is 463 g/mol. The zero-order valence-electron chi connectivity index (χ0n) is 17.9. The van der Waals surface area contributed by atoms with Crippen LogP contribution in [-0.4, -0.2) is 19.1 Å². The van der Waals surface area contributed by atoms with E-state index in [4.69, 9.17) is 9.47 Å². The second-order valence-electron chi connectivity index (χ2n) is 8.21. The minimum Gasteiger partial charge on any atom is -0.457 e. The lowest BCUT2D eigenvalue weighted by Crippen LogP contribution is -2.59. The van der Waals surface area contributed by atoms with Crippen molar-refractivity contribution in [2.24, 2.45) is 0 Å². The summed E-state index contributed by atoms with van der Waals surface area (Å²) in [6, 6.07) is 24.8. The third kappa shape index (κ3) is 4.22. The maximum Gasteiger partial charge on any atom is 0.416 e. The SMILES string of the molecule is O=C(NC1(c2ccccc2)COC1)c1ccc2c(Oc3ccc(C(F)(F)F)cc3)cccc2c1. The van der Waals surface area contributed by atoms with Gasteiger partial charge in [0.25, 0.3) is 5.91 Å². The van der Waals surface area contributed by atoms with Gasteiger partial charge in [-0.05, 0) is 59.5 Å². The van der Waals surface area contributed by atoms with Crippen LogP contribution in [0.15, 0.2) is 91.0 Å². The van der Waals surface area contributed by atoms with E-state index in [-0.39, 0.29) is 11.7 Å². The van der Waals surface area contributed by atoms with E-state index in [2.05, 4.69) is 5.32 Å². The van der Waals surface area contributed by atoms with Crippen molar-refractivity contribution in [3.63, 3.8) is 0 Å². The summed E-state index contributed by atoms with van der Waals surface area (Å²) < 4.78 is 49.7. The molecule has 0 aliphatic carbocycles. The maximum atomic E-state index is 13.1. The number of halogens is 3. The molecule has 172 valence electrons. The van der Waals surface area contributed by atoms with Crippen LogP contribution in [0.3, 0.4) is 0 Å². The quantitative estimate of drug-likeness (QED) is 0.378. The van der Waals surface area contributed by atoms with E-state index >= 15 is 0 Å². The molecule has 5 rings (SSSR count). The Labute approximate surface area is 193 Å². The first kappa shape index (κ1) is 22.0. The molecule has 1 saturated heterocycles. The highest BCUT2D eigenvalue weighted by Gasteiger charge is 2.41. The van der Waals surface area contributed by atoms with E-state index in [1.807, 2.05) is 36.4 Å². The standard InChI is InChI=1S/C27H20F3NO3/c28-27(29,30)21-10-12-22(13-11-21)34-24-8-4-5-18-15-19(9-14-23(18)24)25(32)31-26(16-33-17-26)20-6-2-1-3-7-20/h1-15H,16-17H2,(H,31,32). The van der Waals surface area contributed by atoms with Gasteiger partial charge in [-0.1, -0.05) is 42.5 Å². The molecule has 0 radical (unpaired) electrons. The first-order chi connectivity index (χ1) is 16.3. The van der Waals surface area contributed by atoms with Gasteiger partial charge in [0.2, 0.25) is 0 Å². The summed E-state index contributed by atoms with van der Waals surface area (Å²) in [4.78, 5) is 13.1. The summed E-state index contributed by atoms with van der Waals surface area (Å²) in [5.41, 5.74) is 0.184. The fourth-order valence-electron chi connectivity index (χ4n) is 3.99. The molecule has 0 saturated carbocycles. The maximum absolute atomic E-state index is 13.1. The number of ether oxygens (including phenoxy) is 2. The second kappa shape index (κ2) is 8.50. The molecule has 1 aliphatic heterocycles. The van der Waals surface area contributed by atoms with Gasteiger partial charge in [0, 0.05) is 10.9 Å². The zero-order chi connectivity index (χ0) is 23.8. The van der Waals surface area contributed by atoms with E-state index < -0.39 is 17.3 Å². The van der Waals surface area contributed by atoms with Crippen molar-refractivity contribution in [2.45, 2.75) is 11.7 Å². The van der Waals surface area contributed by atoms with Gasteiger partial charge in [0.1, 0.15) is 17.0 Å². The second-order valence-corrected chi connectivity index (χ2v) is 8.21. The van der Waals surface area contributed by atoms with Gasteiger partial charge in [-0.2, -0.15) is 13.2 Å². The minimum absolute atomic E-state index is 0.219. The van der Waals surface area contributed by atoms with Crippen LogP contribution in [0.25, 0.3) is 10.8 Å². The van der Waals surface area contributed by atoms with Crippen molar-refractivity contribution in [3.8, 4) is 11.5 Å². The lowest BCUT2D eigenvalue weighted by Gasteiger charge is -2.42. The molecule has 4 aromatic rings. The molecule has 1 amide bonds. The largest absolute Gasteiger partial charge is 0.457 e. The highest BCUT2D eigenvalue weighted by Crippen LogP contribution is 2.34. The molecule has 0 atom stereocenters. The molecule has 34 heavy (non-hydrogen) atoms. The number of alkyl halides is 3. The van der Waals surface area contributed by atoms with Gasteiger partial charge in [0.05, 0.1) is 18.8 Å². The van der Waals surface area contributed by atoms with Gasteiger partial charge in [-0.3, -0.25) is 4.79 Å². The van der Waals surface area contributed by atoms with E-state index in [0.29, 0.717) is 24.5 Å². The third-order valence-corrected chi connectivity index (χ3v) is 5.89. The molecule has 1 heterocycles. The number of rotatable bonds is 5. The van der Waals surface area contributed by atoms with Crippen LogP contribution >= 0.6 is 0 Å². The summed E-state index contributed by atoms with van der Waals surface area (Å²) in [6.07, 6.45) is -4.40. The molecule has 0 aromatic heterocycles. The first-order valence-corrected chi connectivity index (χ1v) is 10.7. The van der Waals surface area contributed by atoms with Crippen molar-refractivity contribution < 1.29 is 27.4 Å². The van der Waals surface area contributed by atoms with Crippen LogP contribution in [0, 0.1) is 0 Å². The van der Waals surface area contributed by atoms with E-state index in [0.717, 1.165) is 28.5 Å². The van der Waals surface area contributed by atoms with Gasteiger partial charge in [-0.25, -0.2) is 0 Å². The lowest BCUT2D eigenvalue weighted by atomic mass is 9.87. The molecule has 7 heteroatoms. The molecular formula is C27H20F3NO3. The number of carbonyl (C=O) groups excluding carboxylic acids is 1. The first-order valence-electron chi connectivity index (χ1n) is 10.7. The molecule has 1 N–H and O–H groups in total. The number of carbonyl (C=O) groups is 1. The number of amides is 1. The highest BCUT2D eigenvalue weighted by atomic mass is 19.4. The van der Waals surface area contributed by atoms with Gasteiger partial charge >= 0.3 is 6.18 Å². The van der Waals surface area contributed by atoms with E-state index in [9.17, 15) is 18.0 Å². The van der Waals surface area contributed by atoms with Gasteiger partial charge in [0.15, 0.2) is 0 Å². The van der Waals surface area contributed by atoms with Crippen LogP contribution in [0.1, 0.15) is 21.5 Å². The summed E-state index contributed by atoms with van der Waals surface area (Å²) in [7, 11) is 0. The van der Waals surface area contributed by atoms with Crippen molar-refractivity contribution in [2.75, 3.05) is 13.2 Å². The van der Waals surface area contributed by atoms with Crippen LogP contribution in [0.5, 0.6) is 11.5 Å². The Morgan fingerprint density at radius 1 is 0.882 bits per heavy atom. The minimum atomic E-state index is -4.40. The van der Waals surface area contributed by atoms with Crippen LogP contribution < -0.4 is 10.1 Å². The molecule has 1 fully saturated rings. The number of hydrogen-bond acceptors (Lipinski definition) is 3. The fourth-order valence-corrected chi connectivity index (χ4v) is 3.99. The third-order valence-electron chi connectivity index (χ3n) is 5.89. The van der Waals surface area contributed by atoms with E-state index in [1.165, 1.54) is 12.1 Å². The molecular weight excluding hydrogens is 443 g/mol. The summed E-state index contributed by atoms with van der Waals surface area (Å²) in [5.74, 6) is 0.553. The summed E-state index contributed by atoms with van der Waals surface area (Å²) >= 11 is 0. The van der Waals surface area contributed by atoms with Crippen LogP contribution in [-0.2, 0) is 16.5 Å². The number of fused-ring (bicyclic) bond motifs is 1. The predicted octanol–water partition coefficient (Wildman–Crippen LogP) is 6.31. The summed E-state index contributed by atoms with van der Waals surface area (Å²) in [5, 5.41) is 4.63. The molecule has 0 bridgehead atoms. The average Bonchev–Trinajstić information content (AvgIpc) is 2.81. The van der Waals surface area contributed by atoms with Crippen LogP contribution in [0.4, 0.5) is 13.2 Å². The topological polar surface area (TPSA) is 47.6 Å². The average molecular weight is 463 g/mol. The van der Waals surface area contributed by atoms with Crippen molar-refractivity contribution in [1.82, 2.24) is 5.32 Å². The number of benzene rings is 4. The Hall–Kier alpha value is -3.84. The van der Waals surface area contributed by atoms with Gasteiger partial charge in [-0.15, -0.1) is 0 Å². The van der Waals surface area contributed by atoms with Crippen molar-refractivity contribution >= 4 is 16.7 Å².